The molecule has 0 aromatic carbocycles. The Kier molecular flexibility index (Phi) is 61.7. The first-order valence-corrected chi connectivity index (χ1v) is 43.7. The number of carbonyl (C=O) groups is 1. The van der Waals surface area contributed by atoms with Crippen LogP contribution in [0.15, 0.2) is 36.5 Å². The molecule has 17 unspecified atom stereocenters. The van der Waals surface area contributed by atoms with Crippen molar-refractivity contribution in [2.24, 2.45) is 0 Å². The first kappa shape index (κ1) is 97.2. The Balaban J connectivity index is 1.28. The van der Waals surface area contributed by atoms with Crippen LogP contribution in [0, 0.1) is 0 Å². The monoisotopic (exact) mass is 1500 g/mol. The number of aliphatic hydroxyl groups is 11. The minimum atomic E-state index is -1.98. The summed E-state index contributed by atoms with van der Waals surface area (Å²) in [5.74, 6) is -0.278. The van der Waals surface area contributed by atoms with Gasteiger partial charge in [-0.2, -0.15) is 0 Å². The van der Waals surface area contributed by atoms with Crippen molar-refractivity contribution in [3.05, 3.63) is 36.5 Å². The third-order valence-corrected chi connectivity index (χ3v) is 21.9. The second-order valence-electron chi connectivity index (χ2n) is 31.3. The van der Waals surface area contributed by atoms with E-state index in [-0.39, 0.29) is 18.9 Å². The van der Waals surface area contributed by atoms with Crippen molar-refractivity contribution in [3.8, 4) is 0 Å². The van der Waals surface area contributed by atoms with E-state index in [0.717, 1.165) is 38.5 Å². The first-order valence-electron chi connectivity index (χ1n) is 43.7. The maximum absolute atomic E-state index is 13.5. The Bertz CT molecular complexity index is 2030. The maximum Gasteiger partial charge on any atom is 0.220 e. The van der Waals surface area contributed by atoms with Gasteiger partial charge in [-0.3, -0.25) is 4.79 Å². The molecule has 3 rings (SSSR count). The number of aliphatic hydroxyl groups excluding tert-OH is 11. The van der Waals surface area contributed by atoms with E-state index in [2.05, 4.69) is 43.5 Å². The molecule has 3 fully saturated rings. The quantitative estimate of drug-likeness (QED) is 0.0199. The number of nitrogens with one attached hydrogen (secondary N) is 1. The molecule has 19 heteroatoms. The van der Waals surface area contributed by atoms with Crippen molar-refractivity contribution in [3.63, 3.8) is 0 Å². The third-order valence-electron chi connectivity index (χ3n) is 21.9. The lowest BCUT2D eigenvalue weighted by Crippen LogP contribution is -2.66. The number of carbonyl (C=O) groups excluding carboxylic acids is 1. The van der Waals surface area contributed by atoms with Crippen molar-refractivity contribution in [2.75, 3.05) is 26.4 Å². The third kappa shape index (κ3) is 46.0. The number of hydrogen-bond donors (Lipinski definition) is 12. The minimum Gasteiger partial charge on any atom is -0.394 e. The van der Waals surface area contributed by atoms with Crippen LogP contribution < -0.4 is 5.32 Å². The molecule has 0 aromatic heterocycles. The van der Waals surface area contributed by atoms with Crippen molar-refractivity contribution in [1.29, 1.82) is 0 Å². The van der Waals surface area contributed by atoms with Gasteiger partial charge in [-0.1, -0.05) is 346 Å². The summed E-state index contributed by atoms with van der Waals surface area (Å²) in [5, 5.41) is 121. The molecule has 3 heterocycles. The number of ether oxygens (including phenoxy) is 6. The van der Waals surface area contributed by atoms with Crippen LogP contribution in [0.3, 0.4) is 0 Å². The van der Waals surface area contributed by atoms with Gasteiger partial charge in [0.15, 0.2) is 18.9 Å². The lowest BCUT2D eigenvalue weighted by atomic mass is 9.96. The highest BCUT2D eigenvalue weighted by atomic mass is 16.8. The number of rotatable bonds is 71. The SMILES string of the molecule is CCCCCCCCCC/C=C\CCCCCCCCCCCCCCCCCCCCCCCCCCCCCCCC(=O)NC(COC1OC(CO)C(OC2OC(CO)C(OC3OC(CO)C(O)C(O)C3O)C(O)C2O)C(O)C1O)C(O)/C=C/CC/C=C/CCCCCCCCCCCCCCC. The van der Waals surface area contributed by atoms with Crippen molar-refractivity contribution >= 4 is 5.91 Å². The standard InChI is InChI=1S/C86H161NO18/c1-3-5-7-9-11-13-15-17-19-21-23-24-25-26-27-28-29-30-31-32-33-34-35-36-37-38-39-40-41-42-43-44-46-48-50-52-54-56-58-60-62-64-74(92)87-69(70(91)63-61-59-57-55-53-51-49-47-45-22-20-18-16-14-12-10-8-6-4-2)68-100-84-80(98)77(95)82(72(66-89)102-84)105-86-81(99)78(96)83(73(67-90)103-86)104-85-79(97)76(94)75(93)71(65-88)101-85/h21,23,53,55,61,63,69-73,75-86,88-91,93-99H,3-20,22,24-52,54,56-60,62,64-68H2,1-2H3,(H,87,92)/b23-21-,55-53+,63-61+. The molecule has 618 valence electrons. The molecule has 17 atom stereocenters. The Morgan fingerprint density at radius 3 is 0.952 bits per heavy atom. The second-order valence-corrected chi connectivity index (χ2v) is 31.3. The van der Waals surface area contributed by atoms with Gasteiger partial charge in [0.2, 0.25) is 5.91 Å². The van der Waals surface area contributed by atoms with Gasteiger partial charge in [0.1, 0.15) is 73.2 Å². The Hall–Kier alpha value is -1.99. The van der Waals surface area contributed by atoms with Gasteiger partial charge in [-0.05, 0) is 57.8 Å². The molecule has 3 aliphatic heterocycles. The van der Waals surface area contributed by atoms with Crippen LogP contribution in [0.4, 0.5) is 0 Å². The minimum absolute atomic E-state index is 0.240. The highest BCUT2D eigenvalue weighted by Gasteiger charge is 2.54. The topological polar surface area (TPSA) is 307 Å². The first-order chi connectivity index (χ1) is 51.3. The molecular weight excluding hydrogens is 1330 g/mol. The average molecular weight is 1500 g/mol. The van der Waals surface area contributed by atoms with E-state index in [0.29, 0.717) is 12.8 Å². The van der Waals surface area contributed by atoms with Crippen molar-refractivity contribution in [1.82, 2.24) is 5.32 Å². The number of hydrogen-bond acceptors (Lipinski definition) is 18. The molecule has 0 aromatic rings. The molecule has 0 spiro atoms. The summed E-state index contributed by atoms with van der Waals surface area (Å²) in [6.07, 6.45) is 57.5. The summed E-state index contributed by atoms with van der Waals surface area (Å²) in [6.45, 7) is 1.77. The van der Waals surface area contributed by atoms with E-state index in [1.165, 1.54) is 302 Å². The molecule has 0 radical (unpaired) electrons. The number of allylic oxidation sites excluding steroid dienone is 5. The fourth-order valence-corrected chi connectivity index (χ4v) is 14.9. The van der Waals surface area contributed by atoms with E-state index in [1.54, 1.807) is 6.08 Å². The normalized spacial score (nSPS) is 25.9. The van der Waals surface area contributed by atoms with E-state index < -0.39 is 124 Å². The summed E-state index contributed by atoms with van der Waals surface area (Å²) in [5.41, 5.74) is 0. The largest absolute Gasteiger partial charge is 0.394 e. The molecule has 1 amide bonds. The Morgan fingerprint density at radius 2 is 0.610 bits per heavy atom. The highest BCUT2D eigenvalue weighted by molar-refractivity contribution is 5.76. The van der Waals surface area contributed by atoms with E-state index >= 15 is 0 Å². The van der Waals surface area contributed by atoms with Crippen LogP contribution in [0.25, 0.3) is 0 Å². The lowest BCUT2D eigenvalue weighted by Gasteiger charge is -2.48. The fraction of sp³-hybridized carbons (Fsp3) is 0.919. The van der Waals surface area contributed by atoms with Crippen LogP contribution in [0.2, 0.25) is 0 Å². The molecule has 3 saturated heterocycles. The highest BCUT2D eigenvalue weighted by Crippen LogP contribution is 2.33. The van der Waals surface area contributed by atoms with E-state index in [4.69, 9.17) is 28.4 Å². The van der Waals surface area contributed by atoms with Gasteiger partial charge in [0.25, 0.3) is 0 Å². The zero-order chi connectivity index (χ0) is 76.0. The zero-order valence-electron chi connectivity index (χ0n) is 66.5. The van der Waals surface area contributed by atoms with Crippen LogP contribution in [-0.4, -0.2) is 193 Å². The summed E-state index contributed by atoms with van der Waals surface area (Å²) < 4.78 is 34.4. The fourth-order valence-electron chi connectivity index (χ4n) is 14.9. The molecule has 12 N–H and O–H groups in total. The van der Waals surface area contributed by atoms with Gasteiger partial charge < -0.3 is 89.9 Å². The predicted octanol–water partition coefficient (Wildman–Crippen LogP) is 15.9. The lowest BCUT2D eigenvalue weighted by molar-refractivity contribution is -0.379. The number of amides is 1. The molecule has 105 heavy (non-hydrogen) atoms. The van der Waals surface area contributed by atoms with Crippen LogP contribution >= 0.6 is 0 Å². The number of unbranched alkanes of at least 4 members (excludes halogenated alkanes) is 51. The summed E-state index contributed by atoms with van der Waals surface area (Å²) in [7, 11) is 0. The Labute approximate surface area is 638 Å². The van der Waals surface area contributed by atoms with Crippen molar-refractivity contribution < 1.29 is 89.4 Å². The van der Waals surface area contributed by atoms with Crippen LogP contribution in [-0.2, 0) is 33.2 Å². The van der Waals surface area contributed by atoms with Gasteiger partial charge in [-0.15, -0.1) is 0 Å². The zero-order valence-corrected chi connectivity index (χ0v) is 66.5. The second kappa shape index (κ2) is 66.6. The maximum atomic E-state index is 13.5. The summed E-state index contributed by atoms with van der Waals surface area (Å²) >= 11 is 0. The van der Waals surface area contributed by atoms with Crippen LogP contribution in [0.1, 0.15) is 373 Å². The van der Waals surface area contributed by atoms with Crippen LogP contribution in [0.5, 0.6) is 0 Å². The van der Waals surface area contributed by atoms with E-state index in [1.807, 2.05) is 6.08 Å². The smallest absolute Gasteiger partial charge is 0.220 e. The Morgan fingerprint density at radius 1 is 0.333 bits per heavy atom. The molecular formula is C86H161NO18. The predicted molar refractivity (Wildman–Crippen MR) is 420 cm³/mol. The molecule has 0 aliphatic carbocycles. The summed E-state index contributed by atoms with van der Waals surface area (Å²) in [6, 6.07) is -0.989. The van der Waals surface area contributed by atoms with Crippen molar-refractivity contribution in [2.45, 2.75) is 478 Å². The van der Waals surface area contributed by atoms with Gasteiger partial charge in [0.05, 0.1) is 38.6 Å². The van der Waals surface area contributed by atoms with Gasteiger partial charge in [-0.25, -0.2) is 0 Å². The van der Waals surface area contributed by atoms with E-state index in [9.17, 15) is 61.0 Å². The van der Waals surface area contributed by atoms with Gasteiger partial charge >= 0.3 is 0 Å². The summed E-state index contributed by atoms with van der Waals surface area (Å²) in [4.78, 5) is 13.5. The molecule has 19 nitrogen and oxygen atoms in total. The molecule has 0 saturated carbocycles. The average Bonchev–Trinajstić information content (AvgIpc) is 0.781. The molecule has 0 bridgehead atoms. The molecule has 3 aliphatic rings. The van der Waals surface area contributed by atoms with Gasteiger partial charge in [0, 0.05) is 6.42 Å².